The van der Waals surface area contributed by atoms with E-state index in [0.717, 1.165) is 0 Å². The number of aliphatic carboxylic acids is 1. The van der Waals surface area contributed by atoms with Gasteiger partial charge < -0.3 is 14.6 Å². The van der Waals surface area contributed by atoms with Crippen LogP contribution in [0.1, 0.15) is 19.4 Å². The Balaban J connectivity index is 2.87. The van der Waals surface area contributed by atoms with Gasteiger partial charge in [0.05, 0.1) is 13.2 Å². The van der Waals surface area contributed by atoms with Crippen molar-refractivity contribution in [3.05, 3.63) is 23.8 Å². The second kappa shape index (κ2) is 6.23. The van der Waals surface area contributed by atoms with E-state index in [-0.39, 0.29) is 12.5 Å². The van der Waals surface area contributed by atoms with E-state index in [1.807, 2.05) is 13.8 Å². The highest BCUT2D eigenvalue weighted by molar-refractivity contribution is 5.72. The first kappa shape index (κ1) is 14.3. The smallest absolute Gasteiger partial charge is 0.338 e. The van der Waals surface area contributed by atoms with Gasteiger partial charge in [0.25, 0.3) is 0 Å². The van der Waals surface area contributed by atoms with Crippen molar-refractivity contribution in [2.45, 2.75) is 32.5 Å². The van der Waals surface area contributed by atoms with Gasteiger partial charge in [0.15, 0.2) is 11.5 Å². The van der Waals surface area contributed by atoms with Crippen LogP contribution in [0.3, 0.4) is 0 Å². The van der Waals surface area contributed by atoms with Crippen molar-refractivity contribution in [2.24, 2.45) is 0 Å². The molecule has 4 nitrogen and oxygen atoms in total. The predicted octanol–water partition coefficient (Wildman–Crippen LogP) is 2.45. The lowest BCUT2D eigenvalue weighted by Crippen LogP contribution is -2.17. The highest BCUT2D eigenvalue weighted by Gasteiger charge is 2.17. The molecule has 1 aromatic carbocycles. The van der Waals surface area contributed by atoms with Crippen LogP contribution in [-0.4, -0.2) is 30.5 Å². The minimum Gasteiger partial charge on any atom is -0.493 e. The highest BCUT2D eigenvalue weighted by Crippen LogP contribution is 2.29. The van der Waals surface area contributed by atoms with Crippen LogP contribution >= 0.6 is 0 Å². The quantitative estimate of drug-likeness (QED) is 0.849. The minimum atomic E-state index is -1.91. The Bertz CT molecular complexity index is 417. The van der Waals surface area contributed by atoms with Crippen molar-refractivity contribution < 1.29 is 23.8 Å². The zero-order chi connectivity index (χ0) is 13.7. The Morgan fingerprint density at radius 2 is 2.06 bits per heavy atom. The molecular formula is C13H17FO4. The Kier molecular flexibility index (Phi) is 4.95. The number of rotatable bonds is 6. The van der Waals surface area contributed by atoms with E-state index in [2.05, 4.69) is 0 Å². The molecule has 0 saturated heterocycles. The zero-order valence-corrected chi connectivity index (χ0v) is 10.6. The minimum absolute atomic E-state index is 0.00214. The summed E-state index contributed by atoms with van der Waals surface area (Å²) in [5.41, 5.74) is 0.554. The summed E-state index contributed by atoms with van der Waals surface area (Å²) in [6.45, 7) is 3.77. The fraction of sp³-hybridized carbons (Fsp3) is 0.462. The second-order valence-electron chi connectivity index (χ2n) is 4.16. The molecule has 1 atom stereocenters. The van der Waals surface area contributed by atoms with E-state index in [0.29, 0.717) is 17.1 Å². The summed E-state index contributed by atoms with van der Waals surface area (Å²) >= 11 is 0. The number of benzene rings is 1. The number of halogens is 1. The lowest BCUT2D eigenvalue weighted by Gasteiger charge is -2.14. The van der Waals surface area contributed by atoms with Gasteiger partial charge in [-0.1, -0.05) is 6.07 Å². The van der Waals surface area contributed by atoms with E-state index in [9.17, 15) is 9.18 Å². The van der Waals surface area contributed by atoms with Gasteiger partial charge in [-0.2, -0.15) is 0 Å². The summed E-state index contributed by atoms with van der Waals surface area (Å²) < 4.78 is 23.7. The molecule has 5 heteroatoms. The SMILES string of the molecule is COc1cc(CC(F)C(=O)O)ccc1OC(C)C. The van der Waals surface area contributed by atoms with Gasteiger partial charge in [-0.05, 0) is 31.5 Å². The average Bonchev–Trinajstić information content (AvgIpc) is 2.30. The van der Waals surface area contributed by atoms with Gasteiger partial charge >= 0.3 is 5.97 Å². The predicted molar refractivity (Wildman–Crippen MR) is 65.0 cm³/mol. The van der Waals surface area contributed by atoms with Gasteiger partial charge in [0.1, 0.15) is 0 Å². The van der Waals surface area contributed by atoms with E-state index in [1.54, 1.807) is 18.2 Å². The van der Waals surface area contributed by atoms with Crippen molar-refractivity contribution in [1.82, 2.24) is 0 Å². The third kappa shape index (κ3) is 3.91. The molecule has 0 amide bonds. The number of carboxylic acid groups (broad SMARTS) is 1. The van der Waals surface area contributed by atoms with Gasteiger partial charge in [0, 0.05) is 6.42 Å². The van der Waals surface area contributed by atoms with Crippen LogP contribution in [0.5, 0.6) is 11.5 Å². The maximum atomic E-state index is 13.1. The third-order valence-corrected chi connectivity index (χ3v) is 2.27. The average molecular weight is 256 g/mol. The Labute approximate surface area is 105 Å². The fourth-order valence-corrected chi connectivity index (χ4v) is 1.48. The van der Waals surface area contributed by atoms with Crippen LogP contribution in [0.2, 0.25) is 0 Å². The maximum Gasteiger partial charge on any atom is 0.338 e. The molecule has 1 unspecified atom stereocenters. The van der Waals surface area contributed by atoms with Crippen molar-refractivity contribution in [3.8, 4) is 11.5 Å². The number of hydrogen-bond acceptors (Lipinski definition) is 3. The number of hydrogen-bond donors (Lipinski definition) is 1. The molecule has 0 fully saturated rings. The first-order chi connectivity index (χ1) is 8.43. The van der Waals surface area contributed by atoms with E-state index in [1.165, 1.54) is 7.11 Å². The number of carboxylic acids is 1. The fourth-order valence-electron chi connectivity index (χ4n) is 1.48. The molecule has 1 N–H and O–H groups in total. The summed E-state index contributed by atoms with van der Waals surface area (Å²) in [4.78, 5) is 10.4. The van der Waals surface area contributed by atoms with Crippen molar-refractivity contribution in [3.63, 3.8) is 0 Å². The Morgan fingerprint density at radius 1 is 1.39 bits per heavy atom. The molecule has 0 aliphatic rings. The number of methoxy groups -OCH3 is 1. The Hall–Kier alpha value is -1.78. The monoisotopic (exact) mass is 256 g/mol. The second-order valence-corrected chi connectivity index (χ2v) is 4.16. The van der Waals surface area contributed by atoms with E-state index in [4.69, 9.17) is 14.6 Å². The first-order valence-electron chi connectivity index (χ1n) is 5.64. The van der Waals surface area contributed by atoms with Crippen molar-refractivity contribution in [2.75, 3.05) is 7.11 Å². The summed E-state index contributed by atoms with van der Waals surface area (Å²) in [7, 11) is 1.48. The third-order valence-electron chi connectivity index (χ3n) is 2.27. The van der Waals surface area contributed by atoms with Crippen LogP contribution < -0.4 is 9.47 Å². The number of ether oxygens (including phenoxy) is 2. The first-order valence-corrected chi connectivity index (χ1v) is 5.64. The molecule has 1 rings (SSSR count). The van der Waals surface area contributed by atoms with Crippen LogP contribution in [0.4, 0.5) is 4.39 Å². The highest BCUT2D eigenvalue weighted by atomic mass is 19.1. The molecule has 0 bridgehead atoms. The number of carbonyl (C=O) groups is 1. The molecule has 0 heterocycles. The van der Waals surface area contributed by atoms with Gasteiger partial charge in [0.2, 0.25) is 6.17 Å². The molecule has 18 heavy (non-hydrogen) atoms. The van der Waals surface area contributed by atoms with Crippen LogP contribution in [0.25, 0.3) is 0 Å². The van der Waals surface area contributed by atoms with Crippen LogP contribution in [-0.2, 0) is 11.2 Å². The van der Waals surface area contributed by atoms with Crippen molar-refractivity contribution in [1.29, 1.82) is 0 Å². The largest absolute Gasteiger partial charge is 0.493 e. The zero-order valence-electron chi connectivity index (χ0n) is 10.6. The molecule has 0 aliphatic heterocycles. The topological polar surface area (TPSA) is 55.8 Å². The maximum absolute atomic E-state index is 13.1. The molecule has 0 saturated carbocycles. The lowest BCUT2D eigenvalue weighted by atomic mass is 10.1. The van der Waals surface area contributed by atoms with Crippen LogP contribution in [0.15, 0.2) is 18.2 Å². The van der Waals surface area contributed by atoms with Gasteiger partial charge in [-0.15, -0.1) is 0 Å². The molecule has 0 spiro atoms. The molecule has 1 aromatic rings. The molecule has 0 aromatic heterocycles. The normalized spacial score (nSPS) is 12.3. The Morgan fingerprint density at radius 3 is 2.56 bits per heavy atom. The van der Waals surface area contributed by atoms with E-state index < -0.39 is 12.1 Å². The molecular weight excluding hydrogens is 239 g/mol. The summed E-state index contributed by atoms with van der Waals surface area (Å²) in [5, 5.41) is 8.51. The van der Waals surface area contributed by atoms with Crippen LogP contribution in [0, 0.1) is 0 Å². The lowest BCUT2D eigenvalue weighted by molar-refractivity contribution is -0.142. The summed E-state index contributed by atoms with van der Waals surface area (Å²) in [5.74, 6) is -0.433. The van der Waals surface area contributed by atoms with Crippen molar-refractivity contribution >= 4 is 5.97 Å². The van der Waals surface area contributed by atoms with E-state index >= 15 is 0 Å². The van der Waals surface area contributed by atoms with Gasteiger partial charge in [-0.3, -0.25) is 0 Å². The molecule has 0 aliphatic carbocycles. The summed E-state index contributed by atoms with van der Waals surface area (Å²) in [6.07, 6.45) is -2.10. The summed E-state index contributed by atoms with van der Waals surface area (Å²) in [6, 6.07) is 4.88. The molecule has 0 radical (unpaired) electrons. The number of alkyl halides is 1. The standard InChI is InChI=1S/C13H17FO4/c1-8(2)18-11-5-4-9(7-12(11)17-3)6-10(14)13(15)16/h4-5,7-8,10H,6H2,1-3H3,(H,15,16). The van der Waals surface area contributed by atoms with Gasteiger partial charge in [-0.25, -0.2) is 9.18 Å². The molecule has 100 valence electrons.